The van der Waals surface area contributed by atoms with Crippen LogP contribution in [0.3, 0.4) is 0 Å². The summed E-state index contributed by atoms with van der Waals surface area (Å²) in [5.74, 6) is -1.21. The predicted octanol–water partition coefficient (Wildman–Crippen LogP) is 2.24. The van der Waals surface area contributed by atoms with Crippen LogP contribution in [-0.4, -0.2) is 23.5 Å². The maximum absolute atomic E-state index is 11.6. The quantitative estimate of drug-likeness (QED) is 0.854. The Balaban J connectivity index is 2.42. The van der Waals surface area contributed by atoms with Gasteiger partial charge >= 0.3 is 5.97 Å². The molecule has 16 heavy (non-hydrogen) atoms. The van der Waals surface area contributed by atoms with Crippen molar-refractivity contribution in [2.75, 3.05) is 6.54 Å². The second-order valence-corrected chi connectivity index (χ2v) is 4.83. The van der Waals surface area contributed by atoms with Crippen molar-refractivity contribution >= 4 is 34.8 Å². The van der Waals surface area contributed by atoms with Gasteiger partial charge in [-0.15, -0.1) is 11.3 Å². The van der Waals surface area contributed by atoms with Crippen molar-refractivity contribution in [1.82, 2.24) is 5.32 Å². The first-order valence-corrected chi connectivity index (χ1v) is 5.99. The lowest BCUT2D eigenvalue weighted by atomic mass is 10.1. The van der Waals surface area contributed by atoms with Crippen molar-refractivity contribution < 1.29 is 14.7 Å². The van der Waals surface area contributed by atoms with E-state index in [0.717, 1.165) is 0 Å². The van der Waals surface area contributed by atoms with E-state index >= 15 is 0 Å². The van der Waals surface area contributed by atoms with Crippen LogP contribution in [0.25, 0.3) is 0 Å². The Morgan fingerprint density at radius 1 is 1.62 bits per heavy atom. The van der Waals surface area contributed by atoms with Crippen LogP contribution < -0.4 is 5.32 Å². The van der Waals surface area contributed by atoms with Crippen LogP contribution in [0.1, 0.15) is 23.0 Å². The fraction of sp³-hybridized carbons (Fsp3) is 0.400. The van der Waals surface area contributed by atoms with Gasteiger partial charge in [-0.2, -0.15) is 0 Å². The molecule has 1 aromatic rings. The monoisotopic (exact) mass is 261 g/mol. The molecule has 88 valence electrons. The Morgan fingerprint density at radius 2 is 2.31 bits per heavy atom. The van der Waals surface area contributed by atoms with Crippen molar-refractivity contribution in [3.8, 4) is 0 Å². The highest BCUT2D eigenvalue weighted by Crippen LogP contribution is 2.21. The number of halogens is 1. The first-order chi connectivity index (χ1) is 7.50. The van der Waals surface area contributed by atoms with Crippen LogP contribution in [0.4, 0.5) is 0 Å². The maximum atomic E-state index is 11.6. The molecule has 0 bridgehead atoms. The summed E-state index contributed by atoms with van der Waals surface area (Å²) >= 11 is 7.05. The van der Waals surface area contributed by atoms with Crippen molar-refractivity contribution in [3.05, 3.63) is 21.3 Å². The van der Waals surface area contributed by atoms with Crippen LogP contribution in [0.15, 0.2) is 11.4 Å². The molecule has 0 aliphatic rings. The van der Waals surface area contributed by atoms with Gasteiger partial charge in [-0.1, -0.05) is 18.5 Å². The van der Waals surface area contributed by atoms with Crippen molar-refractivity contribution in [1.29, 1.82) is 0 Å². The average Bonchev–Trinajstić information content (AvgIpc) is 2.60. The summed E-state index contributed by atoms with van der Waals surface area (Å²) in [7, 11) is 0. The Bertz CT molecular complexity index is 391. The molecule has 0 saturated carbocycles. The number of hydrogen-bond acceptors (Lipinski definition) is 3. The highest BCUT2D eigenvalue weighted by atomic mass is 35.5. The number of amides is 1. The number of nitrogens with one attached hydrogen (secondary N) is 1. The molecule has 0 spiro atoms. The van der Waals surface area contributed by atoms with Crippen LogP contribution in [0, 0.1) is 5.92 Å². The summed E-state index contributed by atoms with van der Waals surface area (Å²) in [5.41, 5.74) is 0. The molecule has 0 aromatic carbocycles. The van der Waals surface area contributed by atoms with Crippen LogP contribution in [0.2, 0.25) is 5.02 Å². The predicted molar refractivity (Wildman–Crippen MR) is 63.1 cm³/mol. The number of carboxylic acid groups (broad SMARTS) is 1. The molecule has 4 nitrogen and oxygen atoms in total. The van der Waals surface area contributed by atoms with E-state index in [4.69, 9.17) is 16.7 Å². The molecule has 2 N–H and O–H groups in total. The average molecular weight is 262 g/mol. The number of rotatable bonds is 5. The minimum atomic E-state index is -0.865. The van der Waals surface area contributed by atoms with Gasteiger partial charge in [0.05, 0.1) is 5.02 Å². The van der Waals surface area contributed by atoms with E-state index in [1.54, 1.807) is 18.4 Å². The summed E-state index contributed by atoms with van der Waals surface area (Å²) in [5, 5.41) is 13.4. The minimum Gasteiger partial charge on any atom is -0.481 e. The molecule has 1 atom stereocenters. The lowest BCUT2D eigenvalue weighted by Crippen LogP contribution is -2.28. The topological polar surface area (TPSA) is 66.4 Å². The second-order valence-electron chi connectivity index (χ2n) is 3.51. The normalized spacial score (nSPS) is 12.1. The van der Waals surface area contributed by atoms with Gasteiger partial charge in [0.25, 0.3) is 5.91 Å². The Kier molecular flexibility index (Phi) is 4.76. The van der Waals surface area contributed by atoms with Gasteiger partial charge in [-0.25, -0.2) is 0 Å². The van der Waals surface area contributed by atoms with Gasteiger partial charge in [0.2, 0.25) is 0 Å². The molecule has 0 aliphatic carbocycles. The molecule has 0 radical (unpaired) electrons. The number of carboxylic acids is 1. The van der Waals surface area contributed by atoms with Crippen LogP contribution >= 0.6 is 22.9 Å². The minimum absolute atomic E-state index is 0.0401. The first kappa shape index (κ1) is 13.0. The first-order valence-electron chi connectivity index (χ1n) is 4.73. The molecule has 6 heteroatoms. The van der Waals surface area contributed by atoms with E-state index in [1.165, 1.54) is 11.3 Å². The van der Waals surface area contributed by atoms with E-state index in [1.807, 2.05) is 0 Å². The lowest BCUT2D eigenvalue weighted by molar-refractivity contribution is -0.137. The molecule has 0 fully saturated rings. The van der Waals surface area contributed by atoms with Crippen molar-refractivity contribution in [2.24, 2.45) is 5.92 Å². The third kappa shape index (κ3) is 3.83. The van der Waals surface area contributed by atoms with Gasteiger partial charge in [-0.3, -0.25) is 9.59 Å². The van der Waals surface area contributed by atoms with E-state index in [2.05, 4.69) is 5.32 Å². The molecule has 1 aromatic heterocycles. The largest absolute Gasteiger partial charge is 0.481 e. The van der Waals surface area contributed by atoms with Gasteiger partial charge in [0, 0.05) is 13.0 Å². The number of carbonyl (C=O) groups is 2. The second kappa shape index (κ2) is 5.86. The molecular weight excluding hydrogens is 250 g/mol. The van der Waals surface area contributed by atoms with Gasteiger partial charge in [0.15, 0.2) is 0 Å². The summed E-state index contributed by atoms with van der Waals surface area (Å²) in [4.78, 5) is 22.5. The summed E-state index contributed by atoms with van der Waals surface area (Å²) in [6.45, 7) is 2.10. The number of hydrogen-bond donors (Lipinski definition) is 2. The number of carbonyl (C=O) groups excluding carboxylic acids is 1. The molecule has 0 saturated heterocycles. The van der Waals surface area contributed by atoms with E-state index in [9.17, 15) is 9.59 Å². The Labute approximate surface area is 102 Å². The molecule has 1 unspecified atom stereocenters. The maximum Gasteiger partial charge on any atom is 0.303 e. The van der Waals surface area contributed by atoms with E-state index in [0.29, 0.717) is 16.4 Å². The van der Waals surface area contributed by atoms with Crippen molar-refractivity contribution in [2.45, 2.75) is 13.3 Å². The molecular formula is C10H12ClNO3S. The van der Waals surface area contributed by atoms with Gasteiger partial charge < -0.3 is 10.4 Å². The highest BCUT2D eigenvalue weighted by molar-refractivity contribution is 7.12. The van der Waals surface area contributed by atoms with Crippen molar-refractivity contribution in [3.63, 3.8) is 0 Å². The van der Waals surface area contributed by atoms with Crippen LogP contribution in [0.5, 0.6) is 0 Å². The lowest BCUT2D eigenvalue weighted by Gasteiger charge is -2.09. The van der Waals surface area contributed by atoms with E-state index < -0.39 is 5.97 Å². The van der Waals surface area contributed by atoms with E-state index in [-0.39, 0.29) is 18.2 Å². The Hall–Kier alpha value is -1.07. The number of thiophene rings is 1. The highest BCUT2D eigenvalue weighted by Gasteiger charge is 2.13. The third-order valence-corrected chi connectivity index (χ3v) is 3.30. The summed E-state index contributed by atoms with van der Waals surface area (Å²) in [6, 6.07) is 1.65. The summed E-state index contributed by atoms with van der Waals surface area (Å²) < 4.78 is 0. The zero-order chi connectivity index (χ0) is 12.1. The summed E-state index contributed by atoms with van der Waals surface area (Å²) in [6.07, 6.45) is 0.0401. The zero-order valence-corrected chi connectivity index (χ0v) is 10.3. The standard InChI is InChI=1S/C10H12ClNO3S/c1-6(4-8(13)14)5-12-10(15)9-7(11)2-3-16-9/h2-3,6H,4-5H2,1H3,(H,12,15)(H,13,14). The Morgan fingerprint density at radius 3 is 2.81 bits per heavy atom. The number of aliphatic carboxylic acids is 1. The SMILES string of the molecule is CC(CNC(=O)c1sccc1Cl)CC(=O)O. The fourth-order valence-corrected chi connectivity index (χ4v) is 2.23. The van der Waals surface area contributed by atoms with Gasteiger partial charge in [-0.05, 0) is 17.4 Å². The molecule has 1 heterocycles. The third-order valence-electron chi connectivity index (χ3n) is 1.96. The zero-order valence-electron chi connectivity index (χ0n) is 8.70. The molecule has 1 amide bonds. The van der Waals surface area contributed by atoms with Gasteiger partial charge in [0.1, 0.15) is 4.88 Å². The van der Waals surface area contributed by atoms with Crippen LogP contribution in [-0.2, 0) is 4.79 Å². The smallest absolute Gasteiger partial charge is 0.303 e. The molecule has 1 rings (SSSR count). The fourth-order valence-electron chi connectivity index (χ4n) is 1.17. The molecule has 0 aliphatic heterocycles.